The Morgan fingerprint density at radius 2 is 2.33 bits per heavy atom. The second-order valence-electron chi connectivity index (χ2n) is 2.87. The summed E-state index contributed by atoms with van der Waals surface area (Å²) in [5.74, 6) is 0.249. The van der Waals surface area contributed by atoms with Crippen molar-refractivity contribution in [2.75, 3.05) is 5.75 Å². The highest BCUT2D eigenvalue weighted by Gasteiger charge is 1.97. The quantitative estimate of drug-likeness (QED) is 0.805. The predicted octanol–water partition coefficient (Wildman–Crippen LogP) is 3.77. The number of carbonyl (C=O) groups excluding carboxylic acids is 1. The Morgan fingerprint density at radius 1 is 1.60 bits per heavy atom. The molecule has 0 spiro atoms. The lowest BCUT2D eigenvalue weighted by atomic mass is 10.2. The molecule has 0 radical (unpaired) electrons. The van der Waals surface area contributed by atoms with Gasteiger partial charge in [-0.05, 0) is 17.7 Å². The van der Waals surface area contributed by atoms with E-state index in [0.29, 0.717) is 10.8 Å². The number of hydrogen-bond acceptors (Lipinski definition) is 2. The molecule has 0 heterocycles. The summed E-state index contributed by atoms with van der Waals surface area (Å²) in [6, 6.07) is 4.22. The highest BCUT2D eigenvalue weighted by molar-refractivity contribution is 8.13. The molecule has 0 saturated carbocycles. The molecule has 0 bridgehead atoms. The SMILES string of the molecule is CC(=O)SCC=Cc1ccc(F)cc1Cl. The molecular formula is C11H10ClFOS. The summed E-state index contributed by atoms with van der Waals surface area (Å²) < 4.78 is 12.7. The topological polar surface area (TPSA) is 17.1 Å². The summed E-state index contributed by atoms with van der Waals surface area (Å²) in [7, 11) is 0. The maximum atomic E-state index is 12.7. The van der Waals surface area contributed by atoms with Crippen molar-refractivity contribution in [3.8, 4) is 0 Å². The fourth-order valence-electron chi connectivity index (χ4n) is 0.977. The Kier molecular flexibility index (Phi) is 4.85. The fourth-order valence-corrected chi connectivity index (χ4v) is 1.63. The van der Waals surface area contributed by atoms with Crippen molar-refractivity contribution < 1.29 is 9.18 Å². The molecule has 4 heteroatoms. The Morgan fingerprint density at radius 3 is 2.93 bits per heavy atom. The first-order valence-electron chi connectivity index (χ1n) is 4.34. The third-order valence-electron chi connectivity index (χ3n) is 1.64. The highest BCUT2D eigenvalue weighted by atomic mass is 35.5. The zero-order valence-corrected chi connectivity index (χ0v) is 9.74. The number of carbonyl (C=O) groups is 1. The highest BCUT2D eigenvalue weighted by Crippen LogP contribution is 2.18. The van der Waals surface area contributed by atoms with Gasteiger partial charge in [-0.25, -0.2) is 4.39 Å². The number of rotatable bonds is 3. The largest absolute Gasteiger partial charge is 0.288 e. The van der Waals surface area contributed by atoms with E-state index in [0.717, 1.165) is 5.56 Å². The van der Waals surface area contributed by atoms with Gasteiger partial charge >= 0.3 is 0 Å². The van der Waals surface area contributed by atoms with Crippen LogP contribution in [0.2, 0.25) is 5.02 Å². The van der Waals surface area contributed by atoms with Crippen LogP contribution in [0.25, 0.3) is 6.08 Å². The van der Waals surface area contributed by atoms with Crippen LogP contribution in [0, 0.1) is 5.82 Å². The van der Waals surface area contributed by atoms with Gasteiger partial charge in [0.15, 0.2) is 5.12 Å². The molecule has 1 rings (SSSR count). The van der Waals surface area contributed by atoms with Crippen LogP contribution in [-0.4, -0.2) is 10.9 Å². The maximum absolute atomic E-state index is 12.7. The van der Waals surface area contributed by atoms with E-state index in [1.54, 1.807) is 12.1 Å². The summed E-state index contributed by atoms with van der Waals surface area (Å²) in [5.41, 5.74) is 0.752. The van der Waals surface area contributed by atoms with Crippen LogP contribution in [-0.2, 0) is 4.79 Å². The van der Waals surface area contributed by atoms with Gasteiger partial charge in [0.25, 0.3) is 0 Å². The standard InChI is InChI=1S/C11H10ClFOS/c1-8(14)15-6-2-3-9-4-5-10(13)7-11(9)12/h2-5,7H,6H2,1H3. The third-order valence-corrected chi connectivity index (χ3v) is 2.74. The average Bonchev–Trinajstić information content (AvgIpc) is 2.14. The number of benzene rings is 1. The summed E-state index contributed by atoms with van der Waals surface area (Å²) >= 11 is 7.02. The Balaban J connectivity index is 2.60. The first-order chi connectivity index (χ1) is 7.09. The van der Waals surface area contributed by atoms with Crippen molar-refractivity contribution in [3.63, 3.8) is 0 Å². The number of thioether (sulfide) groups is 1. The van der Waals surface area contributed by atoms with Gasteiger partial charge in [0.05, 0.1) is 5.02 Å². The molecule has 0 unspecified atom stereocenters. The van der Waals surface area contributed by atoms with Gasteiger partial charge in [0, 0.05) is 12.7 Å². The van der Waals surface area contributed by atoms with Crippen LogP contribution >= 0.6 is 23.4 Å². The molecule has 1 aromatic rings. The second-order valence-corrected chi connectivity index (χ2v) is 4.47. The van der Waals surface area contributed by atoms with Gasteiger partial charge in [-0.1, -0.05) is 41.6 Å². The first kappa shape index (κ1) is 12.3. The minimum atomic E-state index is -0.352. The van der Waals surface area contributed by atoms with E-state index in [1.165, 1.54) is 30.8 Å². The normalized spacial score (nSPS) is 10.9. The van der Waals surface area contributed by atoms with E-state index in [1.807, 2.05) is 6.08 Å². The number of halogens is 2. The van der Waals surface area contributed by atoms with Crippen molar-refractivity contribution >= 4 is 34.6 Å². The molecule has 0 aliphatic rings. The van der Waals surface area contributed by atoms with E-state index in [2.05, 4.69) is 0 Å². The Bertz CT molecular complexity index is 390. The summed E-state index contributed by atoms with van der Waals surface area (Å²) in [4.78, 5) is 10.6. The first-order valence-corrected chi connectivity index (χ1v) is 5.71. The minimum absolute atomic E-state index is 0.0739. The number of hydrogen-bond donors (Lipinski definition) is 0. The lowest BCUT2D eigenvalue weighted by Crippen LogP contribution is -1.82. The van der Waals surface area contributed by atoms with Crippen LogP contribution in [0.1, 0.15) is 12.5 Å². The van der Waals surface area contributed by atoms with Crippen LogP contribution in [0.15, 0.2) is 24.3 Å². The van der Waals surface area contributed by atoms with Crippen molar-refractivity contribution in [3.05, 3.63) is 40.7 Å². The van der Waals surface area contributed by atoms with Gasteiger partial charge in [-0.3, -0.25) is 4.79 Å². The molecule has 0 saturated heterocycles. The molecule has 1 nitrogen and oxygen atoms in total. The molecule has 80 valence electrons. The van der Waals surface area contributed by atoms with Gasteiger partial charge in [0.2, 0.25) is 0 Å². The summed E-state index contributed by atoms with van der Waals surface area (Å²) in [6.07, 6.45) is 3.60. The molecular weight excluding hydrogens is 235 g/mol. The third kappa shape index (κ3) is 4.49. The van der Waals surface area contributed by atoms with Gasteiger partial charge < -0.3 is 0 Å². The van der Waals surface area contributed by atoms with Gasteiger partial charge in [-0.15, -0.1) is 0 Å². The van der Waals surface area contributed by atoms with E-state index < -0.39 is 0 Å². The van der Waals surface area contributed by atoms with E-state index in [-0.39, 0.29) is 10.9 Å². The van der Waals surface area contributed by atoms with Crippen molar-refractivity contribution in [1.29, 1.82) is 0 Å². The van der Waals surface area contributed by atoms with Crippen molar-refractivity contribution in [1.82, 2.24) is 0 Å². The van der Waals surface area contributed by atoms with Gasteiger partial charge in [0.1, 0.15) is 5.82 Å². The molecule has 0 aliphatic heterocycles. The zero-order chi connectivity index (χ0) is 11.3. The monoisotopic (exact) mass is 244 g/mol. The van der Waals surface area contributed by atoms with E-state index >= 15 is 0 Å². The van der Waals surface area contributed by atoms with Crippen LogP contribution in [0.4, 0.5) is 4.39 Å². The molecule has 0 atom stereocenters. The molecule has 15 heavy (non-hydrogen) atoms. The van der Waals surface area contributed by atoms with Crippen LogP contribution in [0.5, 0.6) is 0 Å². The average molecular weight is 245 g/mol. The van der Waals surface area contributed by atoms with Crippen molar-refractivity contribution in [2.45, 2.75) is 6.92 Å². The Labute approximate surface area is 97.3 Å². The second kappa shape index (κ2) is 5.93. The van der Waals surface area contributed by atoms with Crippen LogP contribution in [0.3, 0.4) is 0 Å². The molecule has 0 N–H and O–H groups in total. The lowest BCUT2D eigenvalue weighted by Gasteiger charge is -1.97. The Hall–Kier alpha value is -0.800. The molecule has 0 amide bonds. The smallest absolute Gasteiger partial charge is 0.186 e. The van der Waals surface area contributed by atoms with Crippen molar-refractivity contribution in [2.24, 2.45) is 0 Å². The summed E-state index contributed by atoms with van der Waals surface area (Å²) in [5, 5.41) is 0.448. The minimum Gasteiger partial charge on any atom is -0.288 e. The van der Waals surface area contributed by atoms with Crippen LogP contribution < -0.4 is 0 Å². The summed E-state index contributed by atoms with van der Waals surface area (Å²) in [6.45, 7) is 1.52. The van der Waals surface area contributed by atoms with E-state index in [4.69, 9.17) is 11.6 Å². The lowest BCUT2D eigenvalue weighted by molar-refractivity contribution is -0.109. The molecule has 0 fully saturated rings. The van der Waals surface area contributed by atoms with E-state index in [9.17, 15) is 9.18 Å². The fraction of sp³-hybridized carbons (Fsp3) is 0.182. The molecule has 0 aromatic heterocycles. The van der Waals surface area contributed by atoms with Gasteiger partial charge in [-0.2, -0.15) is 0 Å². The predicted molar refractivity (Wildman–Crippen MR) is 63.6 cm³/mol. The molecule has 1 aromatic carbocycles. The maximum Gasteiger partial charge on any atom is 0.186 e. The zero-order valence-electron chi connectivity index (χ0n) is 8.17. The molecule has 0 aliphatic carbocycles.